The van der Waals surface area contributed by atoms with Gasteiger partial charge in [0.15, 0.2) is 0 Å². The van der Waals surface area contributed by atoms with Crippen LogP contribution in [0.25, 0.3) is 0 Å². The molecular formula is C14H17BI2O4-. The van der Waals surface area contributed by atoms with E-state index in [1.54, 1.807) is 0 Å². The van der Waals surface area contributed by atoms with Crippen LogP contribution >= 0.6 is 22.6 Å². The van der Waals surface area contributed by atoms with Crippen LogP contribution in [0.3, 0.4) is 0 Å². The van der Waals surface area contributed by atoms with E-state index >= 15 is 0 Å². The van der Waals surface area contributed by atoms with Gasteiger partial charge in [-0.25, -0.2) is 0 Å². The summed E-state index contributed by atoms with van der Waals surface area (Å²) in [7, 11) is 0. The van der Waals surface area contributed by atoms with E-state index in [0.29, 0.717) is 22.3 Å². The molecule has 2 saturated heterocycles. The van der Waals surface area contributed by atoms with Crippen LogP contribution in [0.4, 0.5) is 0 Å². The fourth-order valence-corrected chi connectivity index (χ4v) is 8.02. The first-order valence-electron chi connectivity index (χ1n) is 7.50. The summed E-state index contributed by atoms with van der Waals surface area (Å²) >= 11 is 2.36. The van der Waals surface area contributed by atoms with Gasteiger partial charge in [-0.15, -0.1) is 0 Å². The van der Waals surface area contributed by atoms with Crippen molar-refractivity contribution >= 4 is 39.7 Å². The first-order valence-corrected chi connectivity index (χ1v) is 11.1. The summed E-state index contributed by atoms with van der Waals surface area (Å²) in [5.41, 5.74) is 0. The molecular weight excluding hydrogens is 497 g/mol. The number of hydrogen-bond acceptors (Lipinski definition) is 4. The number of carbonyl (C=O) groups is 2. The van der Waals surface area contributed by atoms with Gasteiger partial charge in [0.2, 0.25) is 0 Å². The van der Waals surface area contributed by atoms with Crippen molar-refractivity contribution in [1.29, 1.82) is 0 Å². The molecule has 0 N–H and O–H groups in total. The van der Waals surface area contributed by atoms with Gasteiger partial charge in [0.25, 0.3) is 0 Å². The van der Waals surface area contributed by atoms with Crippen molar-refractivity contribution in [1.82, 2.24) is 0 Å². The predicted molar refractivity (Wildman–Crippen MR) is 80.6 cm³/mol. The van der Waals surface area contributed by atoms with Gasteiger partial charge in [-0.2, -0.15) is 0 Å². The van der Waals surface area contributed by atoms with E-state index in [0.717, 1.165) is 19.3 Å². The zero-order valence-corrected chi connectivity index (χ0v) is 16.1. The van der Waals surface area contributed by atoms with Gasteiger partial charge in [0.05, 0.1) is 0 Å². The second-order valence-electron chi connectivity index (χ2n) is 6.73. The molecule has 5 aliphatic rings. The zero-order valence-electron chi connectivity index (χ0n) is 11.8. The molecule has 2 aliphatic heterocycles. The number of fused-ring (bicyclic) bond motifs is 2. The Morgan fingerprint density at radius 2 is 2.24 bits per heavy atom. The first kappa shape index (κ1) is 15.0. The Bertz CT molecular complexity index is 493. The molecule has 0 spiro atoms. The maximum absolute atomic E-state index is 12.5. The molecule has 3 saturated carbocycles. The number of cyclic esters (lactones) is 1. The number of ether oxygens (including phenoxy) is 2. The summed E-state index contributed by atoms with van der Waals surface area (Å²) in [6.45, 7) is 2.53. The number of alkyl halides is 2. The Morgan fingerprint density at radius 3 is 2.95 bits per heavy atom. The van der Waals surface area contributed by atoms with Crippen LogP contribution in [0.2, 0.25) is 0 Å². The second-order valence-corrected chi connectivity index (χ2v) is 11.8. The Hall–Kier alpha value is 0.465. The summed E-state index contributed by atoms with van der Waals surface area (Å²) < 4.78 is 11.3. The number of carbonyl (C=O) groups excluding carboxylic acids is 2. The van der Waals surface area contributed by atoms with Gasteiger partial charge in [-0.05, 0) is 0 Å². The van der Waals surface area contributed by atoms with Crippen LogP contribution in [-0.2, 0) is 19.1 Å². The summed E-state index contributed by atoms with van der Waals surface area (Å²) in [5, 5.41) is 2.28. The van der Waals surface area contributed by atoms with E-state index in [4.69, 9.17) is 9.47 Å². The molecule has 0 amide bonds. The average Bonchev–Trinajstić information content (AvgIpc) is 3.24. The zero-order chi connectivity index (χ0) is 14.8. The van der Waals surface area contributed by atoms with Gasteiger partial charge in [-0.3, -0.25) is 0 Å². The average molecular weight is 514 g/mol. The van der Waals surface area contributed by atoms with Gasteiger partial charge in [-0.1, -0.05) is 0 Å². The van der Waals surface area contributed by atoms with Gasteiger partial charge in [0, 0.05) is 0 Å². The molecule has 115 valence electrons. The van der Waals surface area contributed by atoms with E-state index in [1.807, 2.05) is 6.92 Å². The van der Waals surface area contributed by atoms with Crippen molar-refractivity contribution < 1.29 is 40.1 Å². The van der Waals surface area contributed by atoms with Crippen LogP contribution in [0, 0.1) is 23.7 Å². The molecule has 7 heteroatoms. The standard InChI is InChI=1S/C14H17BI2O4/c1-14(16,12-15-17-12)13(19)21-9-4-6-2-3-7(9)8-5-20-11(18)10(6)8/h6-10,12H,2-5H2,1H3/q-1. The van der Waals surface area contributed by atoms with Crippen molar-refractivity contribution in [3.05, 3.63) is 0 Å². The third-order valence-corrected chi connectivity index (χ3v) is 10.5. The number of esters is 2. The molecule has 4 nitrogen and oxygen atoms in total. The van der Waals surface area contributed by atoms with Gasteiger partial charge < -0.3 is 0 Å². The predicted octanol–water partition coefficient (Wildman–Crippen LogP) is -1.64. The molecule has 0 aromatic carbocycles. The molecule has 2 heterocycles. The molecule has 21 heavy (non-hydrogen) atoms. The Kier molecular flexibility index (Phi) is 3.75. The first-order chi connectivity index (χ1) is 9.98. The normalized spacial score (nSPS) is 46.5. The van der Waals surface area contributed by atoms with Crippen LogP contribution in [0.1, 0.15) is 26.2 Å². The summed E-state index contributed by atoms with van der Waals surface area (Å²) in [5.74, 6) is 0.959. The van der Waals surface area contributed by atoms with Crippen LogP contribution in [0.5, 0.6) is 0 Å². The van der Waals surface area contributed by atoms with Crippen molar-refractivity contribution in [3.8, 4) is 0 Å². The SMILES string of the molecule is CC(I)(C(=O)OC1CC2CCC1C1COC(=O)C21)C1[B][I-]1. The van der Waals surface area contributed by atoms with E-state index in [9.17, 15) is 9.59 Å². The number of rotatable bonds is 3. The van der Waals surface area contributed by atoms with Crippen molar-refractivity contribution in [2.45, 2.75) is 39.5 Å². The summed E-state index contributed by atoms with van der Waals surface area (Å²) in [6, 6.07) is 0. The Balaban J connectivity index is 1.48. The molecule has 5 rings (SSSR count). The Labute approximate surface area is 148 Å². The molecule has 2 bridgehead atoms. The quantitative estimate of drug-likeness (QED) is 0.197. The second kappa shape index (κ2) is 5.24. The molecule has 0 aromatic heterocycles. The van der Waals surface area contributed by atoms with Crippen LogP contribution in [0.15, 0.2) is 0 Å². The Morgan fingerprint density at radius 1 is 1.48 bits per heavy atom. The molecule has 0 aromatic rings. The topological polar surface area (TPSA) is 52.6 Å². The summed E-state index contributed by atoms with van der Waals surface area (Å²) in [4.78, 5) is 24.4. The minimum absolute atomic E-state index is 0.00181. The van der Waals surface area contributed by atoms with E-state index in [-0.39, 0.29) is 54.3 Å². The third kappa shape index (κ3) is 2.44. The van der Waals surface area contributed by atoms with E-state index < -0.39 is 0 Å². The van der Waals surface area contributed by atoms with Crippen LogP contribution in [-0.4, -0.2) is 37.0 Å². The molecule has 5 fully saturated rings. The fraction of sp³-hybridized carbons (Fsp3) is 0.857. The van der Waals surface area contributed by atoms with E-state index in [1.165, 1.54) is 0 Å². The molecule has 7 unspecified atom stereocenters. The maximum atomic E-state index is 12.5. The molecule has 1 radical (unpaired) electrons. The van der Waals surface area contributed by atoms with Crippen molar-refractivity contribution in [2.75, 3.05) is 6.61 Å². The monoisotopic (exact) mass is 514 g/mol. The molecule has 7 atom stereocenters. The minimum atomic E-state index is -0.386. The fourth-order valence-electron chi connectivity index (χ4n) is 4.26. The van der Waals surface area contributed by atoms with E-state index in [2.05, 4.69) is 27.7 Å². The van der Waals surface area contributed by atoms with Crippen molar-refractivity contribution in [2.24, 2.45) is 23.7 Å². The van der Waals surface area contributed by atoms with Gasteiger partial charge in [0.1, 0.15) is 0 Å². The number of halogens is 2. The third-order valence-electron chi connectivity index (χ3n) is 5.52. The van der Waals surface area contributed by atoms with Crippen molar-refractivity contribution in [3.63, 3.8) is 0 Å². The number of hydrogen-bond donors (Lipinski definition) is 0. The molecule has 3 aliphatic carbocycles. The van der Waals surface area contributed by atoms with Gasteiger partial charge >= 0.3 is 150 Å². The summed E-state index contributed by atoms with van der Waals surface area (Å²) in [6.07, 6.45) is 3.00. The van der Waals surface area contributed by atoms with Crippen LogP contribution < -0.4 is 21.0 Å².